The maximum atomic E-state index is 14.6. The number of nitrogen functional groups attached to an aromatic ring is 1. The Morgan fingerprint density at radius 2 is 2.21 bits per heavy atom. The number of anilines is 2. The Morgan fingerprint density at radius 3 is 2.93 bits per heavy atom. The number of fused-ring (bicyclic) bond motifs is 1. The van der Waals surface area contributed by atoms with Crippen molar-refractivity contribution in [1.82, 2.24) is 14.9 Å². The van der Waals surface area contributed by atoms with E-state index in [1.807, 2.05) is 0 Å². The van der Waals surface area contributed by atoms with Crippen molar-refractivity contribution >= 4 is 17.6 Å². The third-order valence-corrected chi connectivity index (χ3v) is 5.16. The molecule has 1 amide bonds. The van der Waals surface area contributed by atoms with Gasteiger partial charge in [-0.3, -0.25) is 4.90 Å². The molecule has 0 spiro atoms. The molecule has 1 unspecified atom stereocenters. The zero-order valence-electron chi connectivity index (χ0n) is 16.5. The first-order valence-electron chi connectivity index (χ1n) is 9.69. The van der Waals surface area contributed by atoms with Crippen LogP contribution in [-0.2, 0) is 22.6 Å². The van der Waals surface area contributed by atoms with Crippen molar-refractivity contribution in [3.63, 3.8) is 0 Å². The molecule has 2 aromatic rings. The first kappa shape index (κ1) is 19.4. The lowest BCUT2D eigenvalue weighted by molar-refractivity contribution is 0.0980. The lowest BCUT2D eigenvalue weighted by Gasteiger charge is -2.35. The quantitative estimate of drug-likeness (QED) is 0.790. The second-order valence-electron chi connectivity index (χ2n) is 7.21. The van der Waals surface area contributed by atoms with Crippen LogP contribution in [0.4, 0.5) is 20.7 Å². The number of rotatable bonds is 3. The number of halogens is 1. The molecule has 2 aliphatic heterocycles. The summed E-state index contributed by atoms with van der Waals surface area (Å²) in [6.07, 6.45) is -0.397. The molecule has 154 valence electrons. The Morgan fingerprint density at radius 1 is 1.38 bits per heavy atom. The van der Waals surface area contributed by atoms with Gasteiger partial charge in [0.2, 0.25) is 0 Å². The number of morpholine rings is 1. The number of benzene rings is 1. The molecule has 1 aromatic carbocycles. The second kappa shape index (κ2) is 7.82. The maximum Gasteiger partial charge on any atom is 0.410 e. The third-order valence-electron chi connectivity index (χ3n) is 5.16. The molecule has 8 nitrogen and oxygen atoms in total. The fourth-order valence-electron chi connectivity index (χ4n) is 3.69. The van der Waals surface area contributed by atoms with Gasteiger partial charge in [0.25, 0.3) is 0 Å². The molecule has 2 aliphatic rings. The monoisotopic (exact) mass is 401 g/mol. The summed E-state index contributed by atoms with van der Waals surface area (Å²) in [5.74, 6) is 0.510. The molecule has 0 saturated carbocycles. The molecule has 0 bridgehead atoms. The summed E-state index contributed by atoms with van der Waals surface area (Å²) < 4.78 is 25.3. The van der Waals surface area contributed by atoms with Crippen LogP contribution in [-0.4, -0.2) is 53.4 Å². The summed E-state index contributed by atoms with van der Waals surface area (Å²) in [6, 6.07) is 4.56. The average molecular weight is 401 g/mol. The van der Waals surface area contributed by atoms with E-state index in [9.17, 15) is 9.18 Å². The summed E-state index contributed by atoms with van der Waals surface area (Å²) >= 11 is 0. The van der Waals surface area contributed by atoms with Crippen LogP contribution in [0.5, 0.6) is 0 Å². The Hall–Kier alpha value is -2.94. The van der Waals surface area contributed by atoms with E-state index in [0.717, 1.165) is 5.56 Å². The molecule has 1 saturated heterocycles. The number of hydrogen-bond acceptors (Lipinski definition) is 7. The van der Waals surface area contributed by atoms with E-state index in [2.05, 4.69) is 16.8 Å². The molecule has 2 N–H and O–H groups in total. The first-order valence-corrected chi connectivity index (χ1v) is 9.69. The highest BCUT2D eigenvalue weighted by atomic mass is 19.1. The van der Waals surface area contributed by atoms with Crippen LogP contribution in [0.25, 0.3) is 11.4 Å². The number of carbonyl (C=O) groups is 1. The van der Waals surface area contributed by atoms with Gasteiger partial charge < -0.3 is 20.1 Å². The Balaban J connectivity index is 1.79. The van der Waals surface area contributed by atoms with Crippen molar-refractivity contribution in [3.05, 3.63) is 35.3 Å². The van der Waals surface area contributed by atoms with Crippen LogP contribution in [0.1, 0.15) is 25.1 Å². The number of nitrogens with zero attached hydrogens (tertiary/aromatic N) is 4. The normalized spacial score (nSPS) is 18.7. The molecule has 9 heteroatoms. The predicted octanol–water partition coefficient (Wildman–Crippen LogP) is 2.56. The largest absolute Gasteiger partial charge is 0.450 e. The van der Waals surface area contributed by atoms with Gasteiger partial charge in [-0.25, -0.2) is 19.2 Å². The van der Waals surface area contributed by atoms with Gasteiger partial charge in [-0.1, -0.05) is 0 Å². The Kier molecular flexibility index (Phi) is 5.23. The number of hydrogen-bond donors (Lipinski definition) is 1. The smallest absolute Gasteiger partial charge is 0.410 e. The Labute approximate surface area is 168 Å². The first-order chi connectivity index (χ1) is 14.0. The average Bonchev–Trinajstić information content (AvgIpc) is 3.12. The maximum absolute atomic E-state index is 14.6. The number of ether oxygens (including phenoxy) is 2. The van der Waals surface area contributed by atoms with E-state index in [-0.39, 0.29) is 17.4 Å². The van der Waals surface area contributed by atoms with E-state index < -0.39 is 11.9 Å². The summed E-state index contributed by atoms with van der Waals surface area (Å²) in [6.45, 7) is 6.59. The Bertz CT molecular complexity index is 939. The van der Waals surface area contributed by atoms with Gasteiger partial charge >= 0.3 is 6.09 Å². The molecular weight excluding hydrogens is 377 g/mol. The summed E-state index contributed by atoms with van der Waals surface area (Å²) in [4.78, 5) is 25.3. The van der Waals surface area contributed by atoms with Crippen molar-refractivity contribution in [2.45, 2.75) is 33.0 Å². The standard InChI is InChI=1S/C20H24FN5O3/c1-3-29-20(27)25-9-15-17(10-25)23-18(14-5-4-13(22)8-16(14)21)24-19(15)26-6-7-28-11-12(26)2/h4-5,8,12H,3,6-7,9-11,22H2,1-2H3. The van der Waals surface area contributed by atoms with Crippen molar-refractivity contribution < 1.29 is 18.7 Å². The van der Waals surface area contributed by atoms with Crippen LogP contribution in [0.3, 0.4) is 0 Å². The minimum Gasteiger partial charge on any atom is -0.450 e. The molecule has 1 aromatic heterocycles. The number of nitrogens with two attached hydrogens (primary N) is 1. The molecule has 3 heterocycles. The molecule has 1 fully saturated rings. The van der Waals surface area contributed by atoms with Crippen molar-refractivity contribution in [3.8, 4) is 11.4 Å². The summed E-state index contributed by atoms with van der Waals surface area (Å²) in [5, 5.41) is 0. The highest BCUT2D eigenvalue weighted by Gasteiger charge is 2.33. The van der Waals surface area contributed by atoms with Crippen molar-refractivity contribution in [1.29, 1.82) is 0 Å². The minimum atomic E-state index is -0.480. The van der Waals surface area contributed by atoms with Gasteiger partial charge in [0.1, 0.15) is 11.6 Å². The molecule has 0 radical (unpaired) electrons. The van der Waals surface area contributed by atoms with Gasteiger partial charge in [0, 0.05) is 17.8 Å². The fourth-order valence-corrected chi connectivity index (χ4v) is 3.69. The van der Waals surface area contributed by atoms with Gasteiger partial charge in [-0.2, -0.15) is 0 Å². The molecule has 29 heavy (non-hydrogen) atoms. The van der Waals surface area contributed by atoms with Crippen LogP contribution in [0.2, 0.25) is 0 Å². The SMILES string of the molecule is CCOC(=O)N1Cc2nc(-c3ccc(N)cc3F)nc(N3CCOCC3C)c2C1. The molecule has 0 aliphatic carbocycles. The molecular formula is C20H24FN5O3. The predicted molar refractivity (Wildman–Crippen MR) is 106 cm³/mol. The lowest BCUT2D eigenvalue weighted by atomic mass is 10.1. The van der Waals surface area contributed by atoms with E-state index in [1.54, 1.807) is 24.0 Å². The van der Waals surface area contributed by atoms with E-state index >= 15 is 0 Å². The van der Waals surface area contributed by atoms with Gasteiger partial charge in [0.15, 0.2) is 5.82 Å². The zero-order valence-corrected chi connectivity index (χ0v) is 16.5. The molecule has 1 atom stereocenters. The van der Waals surface area contributed by atoms with E-state index in [1.165, 1.54) is 6.07 Å². The molecule has 4 rings (SSSR count). The minimum absolute atomic E-state index is 0.100. The highest BCUT2D eigenvalue weighted by molar-refractivity contribution is 5.71. The highest BCUT2D eigenvalue weighted by Crippen LogP contribution is 2.34. The van der Waals surface area contributed by atoms with Gasteiger partial charge in [-0.15, -0.1) is 0 Å². The van der Waals surface area contributed by atoms with Gasteiger partial charge in [0.05, 0.1) is 50.2 Å². The van der Waals surface area contributed by atoms with Crippen LogP contribution in [0, 0.1) is 5.82 Å². The summed E-state index contributed by atoms with van der Waals surface area (Å²) in [5.41, 5.74) is 7.86. The fraction of sp³-hybridized carbons (Fsp3) is 0.450. The number of amides is 1. The number of carbonyl (C=O) groups excluding carboxylic acids is 1. The van der Waals surface area contributed by atoms with Crippen LogP contribution < -0.4 is 10.6 Å². The lowest BCUT2D eigenvalue weighted by Crippen LogP contribution is -2.44. The second-order valence-corrected chi connectivity index (χ2v) is 7.21. The van der Waals surface area contributed by atoms with Crippen molar-refractivity contribution in [2.75, 3.05) is 37.0 Å². The van der Waals surface area contributed by atoms with E-state index in [4.69, 9.17) is 20.2 Å². The zero-order chi connectivity index (χ0) is 20.5. The topological polar surface area (TPSA) is 93.8 Å². The van der Waals surface area contributed by atoms with E-state index in [0.29, 0.717) is 56.7 Å². The van der Waals surface area contributed by atoms with Crippen LogP contribution in [0.15, 0.2) is 18.2 Å². The van der Waals surface area contributed by atoms with Crippen LogP contribution >= 0.6 is 0 Å². The summed E-state index contributed by atoms with van der Waals surface area (Å²) in [7, 11) is 0. The number of aromatic nitrogens is 2. The van der Waals surface area contributed by atoms with Crippen molar-refractivity contribution in [2.24, 2.45) is 0 Å². The van der Waals surface area contributed by atoms with Gasteiger partial charge in [-0.05, 0) is 32.0 Å². The third kappa shape index (κ3) is 3.69.